The van der Waals surface area contributed by atoms with Crippen molar-refractivity contribution in [2.75, 3.05) is 11.1 Å². The Morgan fingerprint density at radius 2 is 1.75 bits per heavy atom. The summed E-state index contributed by atoms with van der Waals surface area (Å²) in [7, 11) is 0. The standard InChI is InChI=1S/C16H19N3O/c1-12(11-13-5-3-2-4-6-13)18-16(20)19-15-9-7-14(17)8-10-15/h2-10,12H,11,17H2,1H3,(H2,18,19,20). The van der Waals surface area contributed by atoms with Crippen molar-refractivity contribution >= 4 is 17.4 Å². The molecule has 0 radical (unpaired) electrons. The molecule has 0 aliphatic rings. The van der Waals surface area contributed by atoms with Gasteiger partial charge in [-0.1, -0.05) is 30.3 Å². The van der Waals surface area contributed by atoms with E-state index in [0.717, 1.165) is 12.1 Å². The molecule has 2 amide bonds. The monoisotopic (exact) mass is 269 g/mol. The number of carbonyl (C=O) groups is 1. The first-order valence-corrected chi connectivity index (χ1v) is 6.60. The molecule has 0 bridgehead atoms. The number of nitrogen functional groups attached to an aromatic ring is 1. The number of benzene rings is 2. The van der Waals surface area contributed by atoms with Gasteiger partial charge in [-0.05, 0) is 43.2 Å². The molecular weight excluding hydrogens is 250 g/mol. The van der Waals surface area contributed by atoms with Crippen LogP contribution in [0.2, 0.25) is 0 Å². The highest BCUT2D eigenvalue weighted by molar-refractivity contribution is 5.89. The second-order valence-corrected chi connectivity index (χ2v) is 4.81. The summed E-state index contributed by atoms with van der Waals surface area (Å²) >= 11 is 0. The van der Waals surface area contributed by atoms with Crippen LogP contribution in [0.3, 0.4) is 0 Å². The van der Waals surface area contributed by atoms with Gasteiger partial charge in [0.15, 0.2) is 0 Å². The van der Waals surface area contributed by atoms with Crippen molar-refractivity contribution in [3.8, 4) is 0 Å². The highest BCUT2D eigenvalue weighted by atomic mass is 16.2. The number of carbonyl (C=O) groups excluding carboxylic acids is 1. The summed E-state index contributed by atoms with van der Waals surface area (Å²) < 4.78 is 0. The summed E-state index contributed by atoms with van der Waals surface area (Å²) in [5, 5.41) is 5.69. The van der Waals surface area contributed by atoms with Crippen molar-refractivity contribution in [3.05, 3.63) is 60.2 Å². The van der Waals surface area contributed by atoms with Gasteiger partial charge < -0.3 is 16.4 Å². The van der Waals surface area contributed by atoms with E-state index in [0.29, 0.717) is 5.69 Å². The smallest absolute Gasteiger partial charge is 0.319 e. The Labute approximate surface area is 119 Å². The topological polar surface area (TPSA) is 67.2 Å². The van der Waals surface area contributed by atoms with Crippen LogP contribution in [0.25, 0.3) is 0 Å². The molecule has 0 aliphatic carbocycles. The molecule has 0 aromatic heterocycles. The number of urea groups is 1. The van der Waals surface area contributed by atoms with Crippen LogP contribution in [0.15, 0.2) is 54.6 Å². The zero-order chi connectivity index (χ0) is 14.4. The molecule has 0 aliphatic heterocycles. The Bertz CT molecular complexity index is 552. The van der Waals surface area contributed by atoms with E-state index in [1.165, 1.54) is 5.56 Å². The zero-order valence-corrected chi connectivity index (χ0v) is 11.5. The van der Waals surface area contributed by atoms with Crippen LogP contribution >= 0.6 is 0 Å². The number of nitrogens with two attached hydrogens (primary N) is 1. The van der Waals surface area contributed by atoms with Crippen LogP contribution in [0.4, 0.5) is 16.2 Å². The van der Waals surface area contributed by atoms with Crippen LogP contribution in [0.5, 0.6) is 0 Å². The highest BCUT2D eigenvalue weighted by Gasteiger charge is 2.08. The lowest BCUT2D eigenvalue weighted by atomic mass is 10.1. The van der Waals surface area contributed by atoms with Gasteiger partial charge in [0.2, 0.25) is 0 Å². The summed E-state index contributed by atoms with van der Waals surface area (Å²) in [4.78, 5) is 11.8. The lowest BCUT2D eigenvalue weighted by molar-refractivity contribution is 0.249. The number of amides is 2. The van der Waals surface area contributed by atoms with Crippen LogP contribution in [0.1, 0.15) is 12.5 Å². The Hall–Kier alpha value is -2.49. The first-order valence-electron chi connectivity index (χ1n) is 6.60. The van der Waals surface area contributed by atoms with E-state index < -0.39 is 0 Å². The molecule has 4 nitrogen and oxygen atoms in total. The SMILES string of the molecule is CC(Cc1ccccc1)NC(=O)Nc1ccc(N)cc1. The summed E-state index contributed by atoms with van der Waals surface area (Å²) in [5.41, 5.74) is 8.20. The molecule has 0 heterocycles. The molecule has 2 aromatic carbocycles. The number of nitrogens with one attached hydrogen (secondary N) is 2. The van der Waals surface area contributed by atoms with E-state index in [9.17, 15) is 4.79 Å². The van der Waals surface area contributed by atoms with Gasteiger partial charge in [-0.15, -0.1) is 0 Å². The molecule has 1 atom stereocenters. The van der Waals surface area contributed by atoms with Crippen molar-refractivity contribution in [2.45, 2.75) is 19.4 Å². The van der Waals surface area contributed by atoms with Gasteiger partial charge in [-0.25, -0.2) is 4.79 Å². The Morgan fingerprint density at radius 1 is 1.10 bits per heavy atom. The van der Waals surface area contributed by atoms with Gasteiger partial charge in [-0.3, -0.25) is 0 Å². The molecule has 0 saturated carbocycles. The summed E-state index contributed by atoms with van der Waals surface area (Å²) in [6.45, 7) is 1.98. The van der Waals surface area contributed by atoms with Gasteiger partial charge >= 0.3 is 6.03 Å². The summed E-state index contributed by atoms with van der Waals surface area (Å²) in [6.07, 6.45) is 0.802. The van der Waals surface area contributed by atoms with E-state index >= 15 is 0 Å². The predicted octanol–water partition coefficient (Wildman–Crippen LogP) is 3.02. The molecule has 1 unspecified atom stereocenters. The molecule has 20 heavy (non-hydrogen) atoms. The average molecular weight is 269 g/mol. The Morgan fingerprint density at radius 3 is 2.40 bits per heavy atom. The van der Waals surface area contributed by atoms with Gasteiger partial charge in [0, 0.05) is 17.4 Å². The third-order valence-electron chi connectivity index (χ3n) is 2.93. The number of rotatable bonds is 4. The average Bonchev–Trinajstić information content (AvgIpc) is 2.42. The van der Waals surface area contributed by atoms with Crippen molar-refractivity contribution in [1.29, 1.82) is 0 Å². The molecular formula is C16H19N3O. The van der Waals surface area contributed by atoms with Gasteiger partial charge in [-0.2, -0.15) is 0 Å². The lowest BCUT2D eigenvalue weighted by Crippen LogP contribution is -2.37. The van der Waals surface area contributed by atoms with Gasteiger partial charge in [0.05, 0.1) is 0 Å². The van der Waals surface area contributed by atoms with Gasteiger partial charge in [0.25, 0.3) is 0 Å². The van der Waals surface area contributed by atoms with Crippen molar-refractivity contribution in [3.63, 3.8) is 0 Å². The normalized spacial score (nSPS) is 11.7. The maximum absolute atomic E-state index is 11.8. The van der Waals surface area contributed by atoms with E-state index in [1.54, 1.807) is 24.3 Å². The summed E-state index contributed by atoms with van der Waals surface area (Å²) in [6, 6.07) is 17.0. The molecule has 4 N–H and O–H groups in total. The maximum atomic E-state index is 11.8. The molecule has 0 fully saturated rings. The van der Waals surface area contributed by atoms with Crippen molar-refractivity contribution in [2.24, 2.45) is 0 Å². The molecule has 4 heteroatoms. The number of anilines is 2. The van der Waals surface area contributed by atoms with Crippen LogP contribution in [-0.4, -0.2) is 12.1 Å². The second-order valence-electron chi connectivity index (χ2n) is 4.81. The van der Waals surface area contributed by atoms with Crippen LogP contribution < -0.4 is 16.4 Å². The van der Waals surface area contributed by atoms with Gasteiger partial charge in [0.1, 0.15) is 0 Å². The first kappa shape index (κ1) is 13.9. The number of hydrogen-bond donors (Lipinski definition) is 3. The fraction of sp³-hybridized carbons (Fsp3) is 0.188. The molecule has 0 saturated heterocycles. The third kappa shape index (κ3) is 4.31. The molecule has 2 aromatic rings. The minimum absolute atomic E-state index is 0.0613. The zero-order valence-electron chi connectivity index (χ0n) is 11.5. The Balaban J connectivity index is 1.83. The van der Waals surface area contributed by atoms with Crippen LogP contribution in [-0.2, 0) is 6.42 Å². The van der Waals surface area contributed by atoms with Crippen LogP contribution in [0, 0.1) is 0 Å². The maximum Gasteiger partial charge on any atom is 0.319 e. The van der Waals surface area contributed by atoms with E-state index in [2.05, 4.69) is 22.8 Å². The van der Waals surface area contributed by atoms with E-state index in [-0.39, 0.29) is 12.1 Å². The second kappa shape index (κ2) is 6.61. The largest absolute Gasteiger partial charge is 0.399 e. The Kier molecular flexibility index (Phi) is 4.60. The number of hydrogen-bond acceptors (Lipinski definition) is 2. The molecule has 0 spiro atoms. The van der Waals surface area contributed by atoms with Crippen molar-refractivity contribution < 1.29 is 4.79 Å². The van der Waals surface area contributed by atoms with E-state index in [4.69, 9.17) is 5.73 Å². The van der Waals surface area contributed by atoms with E-state index in [1.807, 2.05) is 25.1 Å². The highest BCUT2D eigenvalue weighted by Crippen LogP contribution is 2.10. The predicted molar refractivity (Wildman–Crippen MR) is 82.6 cm³/mol. The fourth-order valence-electron chi connectivity index (χ4n) is 1.98. The summed E-state index contributed by atoms with van der Waals surface area (Å²) in [5.74, 6) is 0. The quantitative estimate of drug-likeness (QED) is 0.747. The first-order chi connectivity index (χ1) is 9.63. The minimum atomic E-state index is -0.210. The minimum Gasteiger partial charge on any atom is -0.399 e. The third-order valence-corrected chi connectivity index (χ3v) is 2.93. The molecule has 2 rings (SSSR count). The fourth-order valence-corrected chi connectivity index (χ4v) is 1.98. The molecule has 104 valence electrons. The van der Waals surface area contributed by atoms with Crippen molar-refractivity contribution in [1.82, 2.24) is 5.32 Å². The lowest BCUT2D eigenvalue weighted by Gasteiger charge is -2.14.